The molecule has 1 amide bonds. The first kappa shape index (κ1) is 23.4. The topological polar surface area (TPSA) is 70.2 Å². The van der Waals surface area contributed by atoms with Crippen molar-refractivity contribution in [3.63, 3.8) is 0 Å². The molecule has 2 heterocycles. The number of carbonyl (C=O) groups is 1. The molecule has 6 nitrogen and oxygen atoms in total. The van der Waals surface area contributed by atoms with Crippen LogP contribution in [0.5, 0.6) is 5.75 Å². The van der Waals surface area contributed by atoms with Crippen molar-refractivity contribution in [1.82, 2.24) is 20.4 Å². The molecule has 2 N–H and O–H groups in total. The van der Waals surface area contributed by atoms with Crippen LogP contribution in [0.15, 0.2) is 54.6 Å². The van der Waals surface area contributed by atoms with E-state index < -0.39 is 0 Å². The van der Waals surface area contributed by atoms with E-state index in [1.165, 1.54) is 19.4 Å². The standard InChI is InChI=1S/C29H34N4O2/c1-4-33-13-5-6-24(33)18-35-25-11-9-20-14-22(8-7-21(20)15-25)28-26-16-23(10-12-27(26)31-32-28)29(34)30-17-19(2)3/h7-12,14-16,19,24H,4-6,13,17-18H2,1-3H3,(H,30,34)(H,31,32)/t24-/m0/s1. The van der Waals surface area contributed by atoms with Gasteiger partial charge in [0.1, 0.15) is 12.4 Å². The molecule has 1 aromatic heterocycles. The largest absolute Gasteiger partial charge is 0.492 e. The summed E-state index contributed by atoms with van der Waals surface area (Å²) in [5.74, 6) is 1.26. The van der Waals surface area contributed by atoms with Crippen molar-refractivity contribution in [1.29, 1.82) is 0 Å². The molecule has 6 heteroatoms. The third kappa shape index (κ3) is 5.03. The first-order valence-corrected chi connectivity index (χ1v) is 12.7. The lowest BCUT2D eigenvalue weighted by molar-refractivity contribution is 0.0949. The van der Waals surface area contributed by atoms with Crippen molar-refractivity contribution in [2.45, 2.75) is 39.7 Å². The molecule has 0 bridgehead atoms. The Hall–Kier alpha value is -3.38. The van der Waals surface area contributed by atoms with Gasteiger partial charge in [-0.2, -0.15) is 5.10 Å². The van der Waals surface area contributed by atoms with Crippen molar-refractivity contribution in [2.24, 2.45) is 5.92 Å². The summed E-state index contributed by atoms with van der Waals surface area (Å²) in [6.45, 7) is 10.0. The maximum absolute atomic E-state index is 12.6. The fourth-order valence-corrected chi connectivity index (χ4v) is 4.93. The number of carbonyl (C=O) groups excluding carboxylic acids is 1. The SMILES string of the molecule is CCN1CCC[C@H]1COc1ccc2cc(-c3n[nH]c4ccc(C(=O)NCC(C)C)cc34)ccc2c1. The number of aromatic amines is 1. The van der Waals surface area contributed by atoms with E-state index in [0.717, 1.165) is 51.8 Å². The lowest BCUT2D eigenvalue weighted by Gasteiger charge is -2.22. The van der Waals surface area contributed by atoms with E-state index in [1.807, 2.05) is 18.2 Å². The lowest BCUT2D eigenvalue weighted by atomic mass is 10.0. The second kappa shape index (κ2) is 10.1. The summed E-state index contributed by atoms with van der Waals surface area (Å²) in [6.07, 6.45) is 2.47. The van der Waals surface area contributed by atoms with Crippen molar-refractivity contribution >= 4 is 27.6 Å². The van der Waals surface area contributed by atoms with Crippen LogP contribution in [0, 0.1) is 5.92 Å². The van der Waals surface area contributed by atoms with E-state index in [1.54, 1.807) is 0 Å². The number of hydrogen-bond donors (Lipinski definition) is 2. The van der Waals surface area contributed by atoms with Crippen LogP contribution in [0.1, 0.15) is 44.0 Å². The number of likely N-dealkylation sites (N-methyl/N-ethyl adjacent to an activating group) is 1. The maximum atomic E-state index is 12.6. The van der Waals surface area contributed by atoms with Gasteiger partial charge in [0.2, 0.25) is 0 Å². The zero-order chi connectivity index (χ0) is 24.4. The van der Waals surface area contributed by atoms with Gasteiger partial charge in [0.25, 0.3) is 5.91 Å². The van der Waals surface area contributed by atoms with Crippen LogP contribution in [-0.4, -0.2) is 53.3 Å². The molecule has 1 aliphatic rings. The van der Waals surface area contributed by atoms with E-state index >= 15 is 0 Å². The maximum Gasteiger partial charge on any atom is 0.251 e. The number of ether oxygens (including phenoxy) is 1. The normalized spacial score (nSPS) is 16.4. The van der Waals surface area contributed by atoms with Gasteiger partial charge in [0.05, 0.1) is 11.2 Å². The first-order valence-electron chi connectivity index (χ1n) is 12.7. The first-order chi connectivity index (χ1) is 17.0. The number of fused-ring (bicyclic) bond motifs is 2. The average molecular weight is 471 g/mol. The van der Waals surface area contributed by atoms with Crippen LogP contribution < -0.4 is 10.1 Å². The highest BCUT2D eigenvalue weighted by Crippen LogP contribution is 2.31. The van der Waals surface area contributed by atoms with Crippen molar-refractivity contribution in [3.8, 4) is 17.0 Å². The molecule has 0 spiro atoms. The Morgan fingerprint density at radius 1 is 1.14 bits per heavy atom. The van der Waals surface area contributed by atoms with Gasteiger partial charge in [-0.05, 0) is 79.0 Å². The number of rotatable bonds is 8. The van der Waals surface area contributed by atoms with Crippen LogP contribution in [0.3, 0.4) is 0 Å². The number of amides is 1. The quantitative estimate of drug-likeness (QED) is 0.350. The Labute approximate surface area is 206 Å². The molecular formula is C29H34N4O2. The van der Waals surface area contributed by atoms with Gasteiger partial charge in [-0.15, -0.1) is 0 Å². The molecule has 0 saturated carbocycles. The second-order valence-electron chi connectivity index (χ2n) is 9.90. The molecule has 1 atom stereocenters. The minimum Gasteiger partial charge on any atom is -0.492 e. The molecular weight excluding hydrogens is 436 g/mol. The molecule has 4 aromatic rings. The van der Waals surface area contributed by atoms with E-state index in [9.17, 15) is 4.79 Å². The van der Waals surface area contributed by atoms with E-state index in [-0.39, 0.29) is 5.91 Å². The van der Waals surface area contributed by atoms with Gasteiger partial charge in [-0.1, -0.05) is 39.0 Å². The third-order valence-electron chi connectivity index (χ3n) is 6.93. The number of hydrogen-bond acceptors (Lipinski definition) is 4. The van der Waals surface area contributed by atoms with Gasteiger partial charge in [-0.25, -0.2) is 0 Å². The van der Waals surface area contributed by atoms with E-state index in [2.05, 4.69) is 77.6 Å². The van der Waals surface area contributed by atoms with Crippen LogP contribution in [0.4, 0.5) is 0 Å². The summed E-state index contributed by atoms with van der Waals surface area (Å²) in [5, 5.41) is 13.9. The number of nitrogens with zero attached hydrogens (tertiary/aromatic N) is 2. The van der Waals surface area contributed by atoms with Crippen LogP contribution >= 0.6 is 0 Å². The predicted octanol–water partition coefficient (Wildman–Crippen LogP) is 5.63. The number of benzene rings is 3. The predicted molar refractivity (Wildman–Crippen MR) is 142 cm³/mol. The highest BCUT2D eigenvalue weighted by Gasteiger charge is 2.23. The van der Waals surface area contributed by atoms with Gasteiger partial charge in [0, 0.05) is 29.1 Å². The molecule has 3 aromatic carbocycles. The molecule has 1 aliphatic heterocycles. The summed E-state index contributed by atoms with van der Waals surface area (Å²) in [6, 6.07) is 18.8. The molecule has 182 valence electrons. The molecule has 5 rings (SSSR count). The zero-order valence-corrected chi connectivity index (χ0v) is 20.8. The second-order valence-corrected chi connectivity index (χ2v) is 9.90. The number of nitrogens with one attached hydrogen (secondary N) is 2. The lowest BCUT2D eigenvalue weighted by Crippen LogP contribution is -2.33. The zero-order valence-electron chi connectivity index (χ0n) is 20.8. The van der Waals surface area contributed by atoms with Gasteiger partial charge >= 0.3 is 0 Å². The van der Waals surface area contributed by atoms with E-state index in [4.69, 9.17) is 4.74 Å². The number of likely N-dealkylation sites (tertiary alicyclic amines) is 1. The Kier molecular flexibility index (Phi) is 6.73. The summed E-state index contributed by atoms with van der Waals surface area (Å²) in [7, 11) is 0. The monoisotopic (exact) mass is 470 g/mol. The Balaban J connectivity index is 1.36. The Morgan fingerprint density at radius 3 is 2.80 bits per heavy atom. The minimum absolute atomic E-state index is 0.0570. The van der Waals surface area contributed by atoms with Gasteiger partial charge in [0.15, 0.2) is 0 Å². The van der Waals surface area contributed by atoms with Gasteiger partial charge in [-0.3, -0.25) is 14.8 Å². The van der Waals surface area contributed by atoms with Gasteiger partial charge < -0.3 is 10.1 Å². The smallest absolute Gasteiger partial charge is 0.251 e. The van der Waals surface area contributed by atoms with E-state index in [0.29, 0.717) is 24.1 Å². The van der Waals surface area contributed by atoms with Crippen molar-refractivity contribution in [3.05, 3.63) is 60.2 Å². The summed E-state index contributed by atoms with van der Waals surface area (Å²) in [4.78, 5) is 15.1. The van der Waals surface area contributed by atoms with Crippen LogP contribution in [-0.2, 0) is 0 Å². The molecule has 0 aliphatic carbocycles. The Morgan fingerprint density at radius 2 is 1.97 bits per heavy atom. The number of H-pyrrole nitrogens is 1. The van der Waals surface area contributed by atoms with Crippen molar-refractivity contribution in [2.75, 3.05) is 26.2 Å². The molecule has 0 radical (unpaired) electrons. The summed E-state index contributed by atoms with van der Waals surface area (Å²) in [5.41, 5.74) is 3.42. The molecule has 1 fully saturated rings. The van der Waals surface area contributed by atoms with Crippen molar-refractivity contribution < 1.29 is 9.53 Å². The highest BCUT2D eigenvalue weighted by atomic mass is 16.5. The van der Waals surface area contributed by atoms with Crippen LogP contribution in [0.25, 0.3) is 32.9 Å². The fourth-order valence-electron chi connectivity index (χ4n) is 4.93. The molecule has 1 saturated heterocycles. The highest BCUT2D eigenvalue weighted by molar-refractivity contribution is 6.02. The average Bonchev–Trinajstić information content (AvgIpc) is 3.51. The summed E-state index contributed by atoms with van der Waals surface area (Å²) < 4.78 is 6.16. The minimum atomic E-state index is -0.0570. The third-order valence-corrected chi connectivity index (χ3v) is 6.93. The fraction of sp³-hybridized carbons (Fsp3) is 0.379. The Bertz CT molecular complexity index is 1340. The van der Waals surface area contributed by atoms with Crippen LogP contribution in [0.2, 0.25) is 0 Å². The molecule has 0 unspecified atom stereocenters. The summed E-state index contributed by atoms with van der Waals surface area (Å²) >= 11 is 0. The molecule has 35 heavy (non-hydrogen) atoms. The number of aromatic nitrogens is 2.